The first-order chi connectivity index (χ1) is 8.36. The molecule has 4 N–H and O–H groups in total. The Labute approximate surface area is 108 Å². The molecule has 17 heavy (non-hydrogen) atoms. The van der Waals surface area contributed by atoms with Crippen LogP contribution in [0.1, 0.15) is 19.3 Å². The lowest BCUT2D eigenvalue weighted by Crippen LogP contribution is -2.42. The number of nitrogens with two attached hydrogens (primary N) is 1. The fourth-order valence-corrected chi connectivity index (χ4v) is 2.93. The van der Waals surface area contributed by atoms with Gasteiger partial charge in [0.1, 0.15) is 0 Å². The molecule has 0 saturated carbocycles. The predicted molar refractivity (Wildman–Crippen MR) is 74.2 cm³/mol. The quantitative estimate of drug-likeness (QED) is 0.214. The van der Waals surface area contributed by atoms with E-state index in [0.29, 0.717) is 5.96 Å². The van der Waals surface area contributed by atoms with Crippen molar-refractivity contribution >= 4 is 17.7 Å². The molecule has 1 aliphatic heterocycles. The second-order valence-corrected chi connectivity index (χ2v) is 5.39. The largest absolute Gasteiger partial charge is 0.385 e. The van der Waals surface area contributed by atoms with Crippen LogP contribution in [0.25, 0.3) is 0 Å². The molecule has 0 unspecified atom stereocenters. The summed E-state index contributed by atoms with van der Waals surface area (Å²) in [5.41, 5.74) is 2.61. The number of nitrogens with one attached hydrogen (secondary N) is 2. The molecule has 0 bridgehead atoms. The van der Waals surface area contributed by atoms with Crippen molar-refractivity contribution in [2.75, 3.05) is 38.3 Å². The topological polar surface area (TPSA) is 71.7 Å². The van der Waals surface area contributed by atoms with Crippen molar-refractivity contribution in [2.45, 2.75) is 19.3 Å². The van der Waals surface area contributed by atoms with Crippen LogP contribution in [0.15, 0.2) is 4.99 Å². The van der Waals surface area contributed by atoms with Gasteiger partial charge < -0.3 is 10.1 Å². The Morgan fingerprint density at radius 1 is 1.47 bits per heavy atom. The lowest BCUT2D eigenvalue weighted by atomic mass is 10.0. The number of thioether (sulfide) groups is 1. The molecule has 100 valence electrons. The second-order valence-electron chi connectivity index (χ2n) is 4.16. The van der Waals surface area contributed by atoms with Crippen molar-refractivity contribution in [2.24, 2.45) is 16.8 Å². The number of guanidine groups is 1. The van der Waals surface area contributed by atoms with Gasteiger partial charge >= 0.3 is 0 Å². The molecule has 0 amide bonds. The zero-order valence-electron chi connectivity index (χ0n) is 10.6. The third kappa shape index (κ3) is 6.75. The Bertz CT molecular complexity index is 220. The zero-order valence-corrected chi connectivity index (χ0v) is 11.4. The average molecular weight is 260 g/mol. The number of aliphatic imine (C=N–C) groups is 1. The summed E-state index contributed by atoms with van der Waals surface area (Å²) < 4.78 is 4.98. The Hall–Kier alpha value is -0.460. The molecule has 0 aromatic carbocycles. The van der Waals surface area contributed by atoms with Crippen LogP contribution in [0, 0.1) is 5.92 Å². The number of methoxy groups -OCH3 is 1. The van der Waals surface area contributed by atoms with E-state index < -0.39 is 0 Å². The summed E-state index contributed by atoms with van der Waals surface area (Å²) in [5.74, 6) is 9.38. The minimum absolute atomic E-state index is 0.694. The molecular weight excluding hydrogens is 236 g/mol. The molecule has 1 aliphatic rings. The Balaban J connectivity index is 2.18. The minimum atomic E-state index is 0.694. The van der Waals surface area contributed by atoms with Gasteiger partial charge in [0.25, 0.3) is 0 Å². The van der Waals surface area contributed by atoms with Crippen molar-refractivity contribution in [3.8, 4) is 0 Å². The molecule has 6 heteroatoms. The standard InChI is InChI=1S/C11H24N4OS/c1-16-6-2-5-13-11(15-12)14-9-10-3-7-17-8-4-10/h10H,2-9,12H2,1H3,(H2,13,14,15). The Morgan fingerprint density at radius 3 is 2.88 bits per heavy atom. The summed E-state index contributed by atoms with van der Waals surface area (Å²) in [7, 11) is 1.71. The van der Waals surface area contributed by atoms with Crippen LogP contribution >= 0.6 is 11.8 Å². The summed E-state index contributed by atoms with van der Waals surface area (Å²) in [5, 5.41) is 3.17. The molecule has 0 aromatic rings. The van der Waals surface area contributed by atoms with E-state index in [1.807, 2.05) is 11.8 Å². The Morgan fingerprint density at radius 2 is 2.24 bits per heavy atom. The van der Waals surface area contributed by atoms with Gasteiger partial charge in [-0.3, -0.25) is 10.4 Å². The maximum absolute atomic E-state index is 5.42. The van der Waals surface area contributed by atoms with Gasteiger partial charge in [-0.25, -0.2) is 5.84 Å². The number of ether oxygens (including phenoxy) is 1. The number of hydrazine groups is 1. The fraction of sp³-hybridized carbons (Fsp3) is 0.909. The first-order valence-electron chi connectivity index (χ1n) is 6.18. The van der Waals surface area contributed by atoms with E-state index in [1.54, 1.807) is 7.11 Å². The van der Waals surface area contributed by atoms with Gasteiger partial charge in [0.15, 0.2) is 0 Å². The van der Waals surface area contributed by atoms with Gasteiger partial charge in [-0.2, -0.15) is 11.8 Å². The molecule has 0 aromatic heterocycles. The van der Waals surface area contributed by atoms with Gasteiger partial charge in [-0.1, -0.05) is 0 Å². The fourth-order valence-electron chi connectivity index (χ4n) is 1.73. The van der Waals surface area contributed by atoms with Crippen LogP contribution in [0.3, 0.4) is 0 Å². The van der Waals surface area contributed by atoms with Crippen LogP contribution in [0.4, 0.5) is 0 Å². The van der Waals surface area contributed by atoms with E-state index in [4.69, 9.17) is 10.6 Å². The first kappa shape index (κ1) is 14.6. The van der Waals surface area contributed by atoms with E-state index in [-0.39, 0.29) is 0 Å². The maximum atomic E-state index is 5.42. The van der Waals surface area contributed by atoms with Crippen molar-refractivity contribution in [3.63, 3.8) is 0 Å². The van der Waals surface area contributed by atoms with Gasteiger partial charge in [0.05, 0.1) is 0 Å². The molecule has 0 aliphatic carbocycles. The lowest BCUT2D eigenvalue weighted by Gasteiger charge is -2.19. The summed E-state index contributed by atoms with van der Waals surface area (Å²) in [4.78, 5) is 4.48. The average Bonchev–Trinajstić information content (AvgIpc) is 2.39. The minimum Gasteiger partial charge on any atom is -0.385 e. The first-order valence-corrected chi connectivity index (χ1v) is 7.34. The van der Waals surface area contributed by atoms with Gasteiger partial charge in [0, 0.05) is 26.8 Å². The highest BCUT2D eigenvalue weighted by atomic mass is 32.2. The molecule has 0 atom stereocenters. The normalized spacial score (nSPS) is 18.1. The SMILES string of the molecule is COCCCNC(=NCC1CCSCC1)NN. The number of hydrogen-bond donors (Lipinski definition) is 3. The van der Waals surface area contributed by atoms with Gasteiger partial charge in [0.2, 0.25) is 5.96 Å². The summed E-state index contributed by atoms with van der Waals surface area (Å²) in [6, 6.07) is 0. The van der Waals surface area contributed by atoms with Crippen molar-refractivity contribution in [1.29, 1.82) is 0 Å². The molecule has 5 nitrogen and oxygen atoms in total. The Kier molecular flexibility index (Phi) is 8.21. The van der Waals surface area contributed by atoms with Crippen LogP contribution in [-0.2, 0) is 4.74 Å². The highest BCUT2D eigenvalue weighted by Gasteiger charge is 2.13. The zero-order chi connectivity index (χ0) is 12.3. The van der Waals surface area contributed by atoms with Crippen LogP contribution < -0.4 is 16.6 Å². The molecule has 1 rings (SSSR count). The maximum Gasteiger partial charge on any atom is 0.205 e. The smallest absolute Gasteiger partial charge is 0.205 e. The van der Waals surface area contributed by atoms with Gasteiger partial charge in [-0.05, 0) is 36.7 Å². The third-order valence-electron chi connectivity index (χ3n) is 2.80. The molecule has 1 fully saturated rings. The molecule has 0 spiro atoms. The number of hydrogen-bond acceptors (Lipinski definition) is 4. The lowest BCUT2D eigenvalue weighted by molar-refractivity contribution is 0.195. The summed E-state index contributed by atoms with van der Waals surface area (Å²) in [6.45, 7) is 2.46. The highest BCUT2D eigenvalue weighted by molar-refractivity contribution is 7.99. The third-order valence-corrected chi connectivity index (χ3v) is 3.85. The van der Waals surface area contributed by atoms with Crippen molar-refractivity contribution in [3.05, 3.63) is 0 Å². The summed E-state index contributed by atoms with van der Waals surface area (Å²) in [6.07, 6.45) is 3.50. The molecular formula is C11H24N4OS. The number of nitrogens with zero attached hydrogens (tertiary/aromatic N) is 1. The monoisotopic (exact) mass is 260 g/mol. The molecule has 0 radical (unpaired) electrons. The van der Waals surface area contributed by atoms with Crippen molar-refractivity contribution in [1.82, 2.24) is 10.7 Å². The van der Waals surface area contributed by atoms with Crippen LogP contribution in [-0.4, -0.2) is 44.3 Å². The summed E-state index contributed by atoms with van der Waals surface area (Å²) >= 11 is 2.04. The highest BCUT2D eigenvalue weighted by Crippen LogP contribution is 2.22. The van der Waals surface area contributed by atoms with E-state index in [0.717, 1.165) is 32.0 Å². The second kappa shape index (κ2) is 9.56. The van der Waals surface area contributed by atoms with E-state index in [1.165, 1.54) is 24.3 Å². The van der Waals surface area contributed by atoms with Crippen LogP contribution in [0.5, 0.6) is 0 Å². The van der Waals surface area contributed by atoms with E-state index in [2.05, 4.69) is 15.7 Å². The predicted octanol–water partition coefficient (Wildman–Crippen LogP) is 0.575. The van der Waals surface area contributed by atoms with Crippen LogP contribution in [0.2, 0.25) is 0 Å². The van der Waals surface area contributed by atoms with E-state index in [9.17, 15) is 0 Å². The van der Waals surface area contributed by atoms with Crippen molar-refractivity contribution < 1.29 is 4.74 Å². The molecule has 1 heterocycles. The number of rotatable bonds is 6. The van der Waals surface area contributed by atoms with E-state index >= 15 is 0 Å². The molecule has 1 saturated heterocycles. The van der Waals surface area contributed by atoms with Gasteiger partial charge in [-0.15, -0.1) is 0 Å².